The van der Waals surface area contributed by atoms with Crippen LogP contribution in [0.1, 0.15) is 21.7 Å². The van der Waals surface area contributed by atoms with E-state index in [-0.39, 0.29) is 5.91 Å². The zero-order valence-electron chi connectivity index (χ0n) is 11.7. The van der Waals surface area contributed by atoms with Crippen LogP contribution in [0.15, 0.2) is 53.2 Å². The van der Waals surface area contributed by atoms with Crippen molar-refractivity contribution in [3.05, 3.63) is 65.6 Å². The Kier molecular flexibility index (Phi) is 4.56. The molecule has 2 amide bonds. The lowest BCUT2D eigenvalue weighted by Crippen LogP contribution is -2.24. The number of hydrogen-bond donors (Lipinski definition) is 1. The maximum Gasteiger partial charge on any atom is 0.248 e. The molecule has 2 rings (SSSR count). The Morgan fingerprint density at radius 2 is 1.95 bits per heavy atom. The van der Waals surface area contributed by atoms with Crippen molar-refractivity contribution < 1.29 is 14.0 Å². The molecule has 1 heterocycles. The fraction of sp³-hybridized carbons (Fsp3) is 0.125. The number of amides is 2. The van der Waals surface area contributed by atoms with Crippen LogP contribution < -0.4 is 5.73 Å². The van der Waals surface area contributed by atoms with Crippen LogP contribution in [-0.2, 0) is 11.3 Å². The molecule has 0 unspecified atom stereocenters. The minimum atomic E-state index is -0.465. The van der Waals surface area contributed by atoms with Crippen molar-refractivity contribution >= 4 is 17.9 Å². The Morgan fingerprint density at radius 3 is 2.52 bits per heavy atom. The molecular weight excluding hydrogens is 268 g/mol. The highest BCUT2D eigenvalue weighted by Gasteiger charge is 2.07. The van der Waals surface area contributed by atoms with Crippen molar-refractivity contribution in [2.24, 2.45) is 5.73 Å². The molecule has 108 valence electrons. The van der Waals surface area contributed by atoms with Gasteiger partial charge >= 0.3 is 0 Å². The van der Waals surface area contributed by atoms with Crippen LogP contribution in [0.4, 0.5) is 0 Å². The average molecular weight is 284 g/mol. The third-order valence-electron chi connectivity index (χ3n) is 2.97. The largest absolute Gasteiger partial charge is 0.465 e. The van der Waals surface area contributed by atoms with Gasteiger partial charge in [-0.2, -0.15) is 0 Å². The molecule has 0 spiro atoms. The van der Waals surface area contributed by atoms with Crippen molar-refractivity contribution in [1.82, 2.24) is 4.90 Å². The summed E-state index contributed by atoms with van der Waals surface area (Å²) in [7, 11) is 1.71. The maximum absolute atomic E-state index is 11.9. The fourth-order valence-corrected chi connectivity index (χ4v) is 1.79. The van der Waals surface area contributed by atoms with Crippen LogP contribution >= 0.6 is 0 Å². The van der Waals surface area contributed by atoms with Gasteiger partial charge in [-0.05, 0) is 35.9 Å². The molecule has 0 aliphatic carbocycles. The molecule has 0 aliphatic rings. The van der Waals surface area contributed by atoms with Crippen LogP contribution in [0, 0.1) is 0 Å². The first-order valence-corrected chi connectivity index (χ1v) is 6.41. The van der Waals surface area contributed by atoms with Crippen LogP contribution in [0.5, 0.6) is 0 Å². The molecule has 2 aromatic rings. The summed E-state index contributed by atoms with van der Waals surface area (Å²) in [5.41, 5.74) is 6.55. The van der Waals surface area contributed by atoms with E-state index in [0.29, 0.717) is 17.9 Å². The molecule has 1 aromatic carbocycles. The topological polar surface area (TPSA) is 76.5 Å². The number of furan rings is 1. The van der Waals surface area contributed by atoms with E-state index >= 15 is 0 Å². The van der Waals surface area contributed by atoms with Crippen LogP contribution in [0.3, 0.4) is 0 Å². The second-order valence-corrected chi connectivity index (χ2v) is 4.60. The summed E-state index contributed by atoms with van der Waals surface area (Å²) < 4.78 is 5.12. The zero-order chi connectivity index (χ0) is 15.2. The molecular formula is C16H16N2O3. The lowest BCUT2D eigenvalue weighted by atomic mass is 10.1. The maximum atomic E-state index is 11.9. The lowest BCUT2D eigenvalue weighted by Gasteiger charge is -2.15. The SMILES string of the molecule is CN(Cc1ccc(C(N)=O)cc1)C(=O)/C=C/c1ccco1. The highest BCUT2D eigenvalue weighted by Crippen LogP contribution is 2.08. The van der Waals surface area contributed by atoms with E-state index in [4.69, 9.17) is 10.2 Å². The number of primary amides is 1. The molecule has 0 saturated carbocycles. The molecule has 0 atom stereocenters. The molecule has 2 N–H and O–H groups in total. The smallest absolute Gasteiger partial charge is 0.248 e. The lowest BCUT2D eigenvalue weighted by molar-refractivity contribution is -0.125. The van der Waals surface area contributed by atoms with Gasteiger partial charge in [-0.3, -0.25) is 9.59 Å². The summed E-state index contributed by atoms with van der Waals surface area (Å²) in [6.45, 7) is 0.445. The number of nitrogens with zero attached hydrogens (tertiary/aromatic N) is 1. The Balaban J connectivity index is 1.95. The number of nitrogens with two attached hydrogens (primary N) is 1. The summed E-state index contributed by atoms with van der Waals surface area (Å²) in [6, 6.07) is 10.4. The summed E-state index contributed by atoms with van der Waals surface area (Å²) >= 11 is 0. The summed E-state index contributed by atoms with van der Waals surface area (Å²) in [4.78, 5) is 24.5. The minimum absolute atomic E-state index is 0.134. The van der Waals surface area contributed by atoms with Crippen molar-refractivity contribution in [2.75, 3.05) is 7.05 Å². The van der Waals surface area contributed by atoms with Crippen LogP contribution in [0.25, 0.3) is 6.08 Å². The Morgan fingerprint density at radius 1 is 1.24 bits per heavy atom. The zero-order valence-corrected chi connectivity index (χ0v) is 11.7. The van der Waals surface area contributed by atoms with E-state index in [1.165, 1.54) is 6.08 Å². The van der Waals surface area contributed by atoms with Gasteiger partial charge in [-0.15, -0.1) is 0 Å². The Hall–Kier alpha value is -2.82. The number of carbonyl (C=O) groups is 2. The average Bonchev–Trinajstić information content (AvgIpc) is 2.98. The van der Waals surface area contributed by atoms with Gasteiger partial charge in [0.05, 0.1) is 6.26 Å². The van der Waals surface area contributed by atoms with Crippen molar-refractivity contribution in [3.63, 3.8) is 0 Å². The number of likely N-dealkylation sites (N-methyl/N-ethyl adjacent to an activating group) is 1. The first kappa shape index (κ1) is 14.6. The molecule has 0 bridgehead atoms. The summed E-state index contributed by atoms with van der Waals surface area (Å²) in [5, 5.41) is 0. The number of carbonyl (C=O) groups excluding carboxylic acids is 2. The normalized spacial score (nSPS) is 10.7. The third kappa shape index (κ3) is 4.07. The van der Waals surface area contributed by atoms with E-state index < -0.39 is 5.91 Å². The van der Waals surface area contributed by atoms with Gasteiger partial charge in [0.15, 0.2) is 0 Å². The van der Waals surface area contributed by atoms with Gasteiger partial charge < -0.3 is 15.1 Å². The van der Waals surface area contributed by atoms with Gasteiger partial charge in [-0.1, -0.05) is 12.1 Å². The predicted octanol–water partition coefficient (Wildman–Crippen LogP) is 2.05. The van der Waals surface area contributed by atoms with E-state index in [1.54, 1.807) is 60.7 Å². The first-order valence-electron chi connectivity index (χ1n) is 6.41. The number of rotatable bonds is 5. The molecule has 5 heteroatoms. The molecule has 0 radical (unpaired) electrons. The highest BCUT2D eigenvalue weighted by molar-refractivity contribution is 5.93. The summed E-state index contributed by atoms with van der Waals surface area (Å²) in [6.07, 6.45) is 4.62. The van der Waals surface area contributed by atoms with E-state index in [1.807, 2.05) is 0 Å². The minimum Gasteiger partial charge on any atom is -0.465 e. The molecule has 5 nitrogen and oxygen atoms in total. The molecule has 0 aliphatic heterocycles. The summed E-state index contributed by atoms with van der Waals surface area (Å²) in [5.74, 6) is 0.0281. The first-order chi connectivity index (χ1) is 10.1. The molecule has 21 heavy (non-hydrogen) atoms. The van der Waals surface area contributed by atoms with Crippen LogP contribution in [-0.4, -0.2) is 23.8 Å². The Labute approximate surface area is 122 Å². The van der Waals surface area contributed by atoms with E-state index in [2.05, 4.69) is 0 Å². The monoisotopic (exact) mass is 284 g/mol. The Bertz CT molecular complexity index is 643. The van der Waals surface area contributed by atoms with Crippen molar-refractivity contribution in [3.8, 4) is 0 Å². The van der Waals surface area contributed by atoms with Crippen molar-refractivity contribution in [2.45, 2.75) is 6.54 Å². The van der Waals surface area contributed by atoms with Crippen LogP contribution in [0.2, 0.25) is 0 Å². The van der Waals surface area contributed by atoms with Gasteiger partial charge in [0.25, 0.3) is 0 Å². The molecule has 1 aromatic heterocycles. The standard InChI is InChI=1S/C16H16N2O3/c1-18(15(19)9-8-14-3-2-10-21-14)11-12-4-6-13(7-5-12)16(17)20/h2-10H,11H2,1H3,(H2,17,20)/b9-8+. The fourth-order valence-electron chi connectivity index (χ4n) is 1.79. The van der Waals surface area contributed by atoms with Gasteiger partial charge in [0.1, 0.15) is 5.76 Å². The number of benzene rings is 1. The van der Waals surface area contributed by atoms with Crippen molar-refractivity contribution in [1.29, 1.82) is 0 Å². The second kappa shape index (κ2) is 6.56. The second-order valence-electron chi connectivity index (χ2n) is 4.60. The van der Waals surface area contributed by atoms with E-state index in [9.17, 15) is 9.59 Å². The third-order valence-corrected chi connectivity index (χ3v) is 2.97. The van der Waals surface area contributed by atoms with Gasteiger partial charge in [0.2, 0.25) is 11.8 Å². The van der Waals surface area contributed by atoms with Gasteiger partial charge in [0, 0.05) is 25.2 Å². The molecule has 0 fully saturated rings. The molecule has 0 saturated heterocycles. The quantitative estimate of drug-likeness (QED) is 0.854. The number of hydrogen-bond acceptors (Lipinski definition) is 3. The van der Waals surface area contributed by atoms with E-state index in [0.717, 1.165) is 5.56 Å². The highest BCUT2D eigenvalue weighted by atomic mass is 16.3. The van der Waals surface area contributed by atoms with Gasteiger partial charge in [-0.25, -0.2) is 0 Å². The predicted molar refractivity (Wildman–Crippen MR) is 79.2 cm³/mol.